The highest BCUT2D eigenvalue weighted by molar-refractivity contribution is 7.89. The highest BCUT2D eigenvalue weighted by Crippen LogP contribution is 2.25. The number of methoxy groups -OCH3 is 1. The van der Waals surface area contributed by atoms with Gasteiger partial charge < -0.3 is 20.4 Å². The molecule has 13 heteroatoms. The van der Waals surface area contributed by atoms with Gasteiger partial charge in [-0.2, -0.15) is 4.31 Å². The number of imidazole rings is 1. The van der Waals surface area contributed by atoms with Crippen LogP contribution in [0.3, 0.4) is 0 Å². The SMILES string of the molecule is COCC1CN(S(=O)(=O)c2nc3ccc(Cl)cc3[nH]2)CC(=O)N1Cc1ccc2c(N)ncnc2c1. The van der Waals surface area contributed by atoms with E-state index < -0.39 is 16.1 Å². The van der Waals surface area contributed by atoms with Gasteiger partial charge in [0, 0.05) is 30.6 Å². The molecule has 35 heavy (non-hydrogen) atoms. The molecule has 3 heterocycles. The zero-order valence-electron chi connectivity index (χ0n) is 18.7. The molecule has 2 aromatic heterocycles. The van der Waals surface area contributed by atoms with Crippen molar-refractivity contribution in [1.29, 1.82) is 0 Å². The van der Waals surface area contributed by atoms with Gasteiger partial charge in [-0.3, -0.25) is 4.79 Å². The van der Waals surface area contributed by atoms with E-state index in [1.807, 2.05) is 18.2 Å². The van der Waals surface area contributed by atoms with Crippen LogP contribution in [-0.4, -0.2) is 76.3 Å². The molecule has 4 aromatic rings. The Morgan fingerprint density at radius 2 is 2.03 bits per heavy atom. The first kappa shape index (κ1) is 23.4. The molecule has 0 saturated carbocycles. The average Bonchev–Trinajstić information content (AvgIpc) is 3.25. The highest BCUT2D eigenvalue weighted by atomic mass is 35.5. The molecule has 0 aliphatic carbocycles. The van der Waals surface area contributed by atoms with E-state index in [0.29, 0.717) is 27.4 Å². The van der Waals surface area contributed by atoms with Gasteiger partial charge in [-0.05, 0) is 35.9 Å². The molecule has 5 rings (SSSR count). The molecule has 1 saturated heterocycles. The number of nitrogen functional groups attached to an aromatic ring is 1. The Labute approximate surface area is 205 Å². The number of carbonyl (C=O) groups is 1. The molecule has 0 radical (unpaired) electrons. The fourth-order valence-corrected chi connectivity index (χ4v) is 5.72. The number of nitrogens with one attached hydrogen (secondary N) is 1. The Morgan fingerprint density at radius 3 is 2.83 bits per heavy atom. The Kier molecular flexibility index (Phi) is 6.05. The first-order chi connectivity index (χ1) is 16.8. The average molecular weight is 516 g/mol. The number of aromatic nitrogens is 4. The van der Waals surface area contributed by atoms with E-state index in [0.717, 1.165) is 15.3 Å². The summed E-state index contributed by atoms with van der Waals surface area (Å²) in [5.74, 6) is 0.0323. The minimum Gasteiger partial charge on any atom is -0.383 e. The van der Waals surface area contributed by atoms with Crippen LogP contribution in [0.15, 0.2) is 47.9 Å². The number of sulfonamides is 1. The van der Waals surface area contributed by atoms with Crippen LogP contribution < -0.4 is 5.73 Å². The predicted octanol–water partition coefficient (Wildman–Crippen LogP) is 1.79. The lowest BCUT2D eigenvalue weighted by Crippen LogP contribution is -2.58. The van der Waals surface area contributed by atoms with Crippen LogP contribution in [0.2, 0.25) is 5.02 Å². The number of piperazine rings is 1. The molecule has 1 amide bonds. The monoisotopic (exact) mass is 515 g/mol. The van der Waals surface area contributed by atoms with Crippen molar-refractivity contribution in [2.45, 2.75) is 17.7 Å². The quantitative estimate of drug-likeness (QED) is 0.395. The highest BCUT2D eigenvalue weighted by Gasteiger charge is 2.39. The summed E-state index contributed by atoms with van der Waals surface area (Å²) >= 11 is 6.00. The molecule has 2 aromatic carbocycles. The summed E-state index contributed by atoms with van der Waals surface area (Å²) in [4.78, 5) is 30.0. The zero-order valence-corrected chi connectivity index (χ0v) is 20.3. The Balaban J connectivity index is 1.41. The van der Waals surface area contributed by atoms with Crippen molar-refractivity contribution >= 4 is 55.3 Å². The third kappa shape index (κ3) is 4.41. The maximum atomic E-state index is 13.3. The summed E-state index contributed by atoms with van der Waals surface area (Å²) < 4.78 is 33.1. The molecule has 182 valence electrons. The Morgan fingerprint density at radius 1 is 1.20 bits per heavy atom. The van der Waals surface area contributed by atoms with Crippen LogP contribution in [0.1, 0.15) is 5.56 Å². The lowest BCUT2D eigenvalue weighted by Gasteiger charge is -2.39. The van der Waals surface area contributed by atoms with E-state index in [4.69, 9.17) is 22.1 Å². The largest absolute Gasteiger partial charge is 0.383 e. The van der Waals surface area contributed by atoms with Crippen LogP contribution in [0.5, 0.6) is 0 Å². The number of benzene rings is 2. The molecule has 0 spiro atoms. The van der Waals surface area contributed by atoms with Crippen molar-refractivity contribution in [2.75, 3.05) is 32.5 Å². The topological polar surface area (TPSA) is 147 Å². The molecule has 11 nitrogen and oxygen atoms in total. The second kappa shape index (κ2) is 9.04. The molecule has 0 bridgehead atoms. The fourth-order valence-electron chi connectivity index (χ4n) is 4.20. The number of halogens is 1. The van der Waals surface area contributed by atoms with Gasteiger partial charge in [0.2, 0.25) is 11.1 Å². The second-order valence-corrected chi connectivity index (χ2v) is 10.5. The number of hydrogen-bond acceptors (Lipinski definition) is 8. The number of amides is 1. The van der Waals surface area contributed by atoms with Crippen molar-refractivity contribution < 1.29 is 17.9 Å². The normalized spacial score (nSPS) is 17.5. The van der Waals surface area contributed by atoms with E-state index in [1.54, 1.807) is 23.1 Å². The number of rotatable bonds is 6. The predicted molar refractivity (Wildman–Crippen MR) is 130 cm³/mol. The number of fused-ring (bicyclic) bond motifs is 2. The van der Waals surface area contributed by atoms with Crippen LogP contribution in [-0.2, 0) is 26.1 Å². The molecule has 3 N–H and O–H groups in total. The van der Waals surface area contributed by atoms with Gasteiger partial charge in [0.05, 0.1) is 35.7 Å². The second-order valence-electron chi connectivity index (χ2n) is 8.24. The lowest BCUT2D eigenvalue weighted by molar-refractivity contribution is -0.139. The van der Waals surface area contributed by atoms with E-state index >= 15 is 0 Å². The maximum Gasteiger partial charge on any atom is 0.277 e. The number of ether oxygens (including phenoxy) is 1. The van der Waals surface area contributed by atoms with Crippen molar-refractivity contribution in [3.05, 3.63) is 53.3 Å². The number of nitrogens with zero attached hydrogens (tertiary/aromatic N) is 5. The minimum absolute atomic E-state index is 0.0580. The van der Waals surface area contributed by atoms with E-state index in [2.05, 4.69) is 19.9 Å². The number of anilines is 1. The summed E-state index contributed by atoms with van der Waals surface area (Å²) in [6, 6.07) is 9.86. The van der Waals surface area contributed by atoms with Crippen LogP contribution in [0, 0.1) is 0 Å². The van der Waals surface area contributed by atoms with Crippen molar-refractivity contribution in [3.8, 4) is 0 Å². The minimum atomic E-state index is -4.06. The number of aromatic amines is 1. The first-order valence-corrected chi connectivity index (χ1v) is 12.5. The van der Waals surface area contributed by atoms with Crippen molar-refractivity contribution in [3.63, 3.8) is 0 Å². The molecule has 1 aliphatic heterocycles. The smallest absolute Gasteiger partial charge is 0.277 e. The van der Waals surface area contributed by atoms with E-state index in [-0.39, 0.29) is 37.3 Å². The van der Waals surface area contributed by atoms with Gasteiger partial charge in [-0.25, -0.2) is 23.4 Å². The molecule has 1 atom stereocenters. The van der Waals surface area contributed by atoms with Gasteiger partial charge in [-0.15, -0.1) is 0 Å². The summed E-state index contributed by atoms with van der Waals surface area (Å²) in [5.41, 5.74) is 8.35. The first-order valence-electron chi connectivity index (χ1n) is 10.7. The molecule has 1 unspecified atom stereocenters. The maximum absolute atomic E-state index is 13.3. The van der Waals surface area contributed by atoms with Crippen molar-refractivity contribution in [1.82, 2.24) is 29.1 Å². The summed E-state index contributed by atoms with van der Waals surface area (Å²) in [5, 5.41) is 0.940. The van der Waals surface area contributed by atoms with Gasteiger partial charge in [0.25, 0.3) is 10.0 Å². The standard InChI is InChI=1S/C22H22ClN7O4S/c1-34-11-15-9-29(35(32,33)22-27-17-5-3-14(23)7-19(17)28-22)10-20(31)30(15)8-13-2-4-16-18(6-13)25-12-26-21(16)24/h2-7,12,15H,8-11H2,1H3,(H,27,28)(H2,24,25,26). The summed E-state index contributed by atoms with van der Waals surface area (Å²) in [6.07, 6.45) is 1.38. The number of hydrogen-bond donors (Lipinski definition) is 2. The number of nitrogens with two attached hydrogens (primary N) is 1. The molecular formula is C22H22ClN7O4S. The molecular weight excluding hydrogens is 494 g/mol. The summed E-state index contributed by atoms with van der Waals surface area (Å²) in [7, 11) is -2.55. The number of H-pyrrole nitrogens is 1. The van der Waals surface area contributed by atoms with E-state index in [1.165, 1.54) is 13.4 Å². The van der Waals surface area contributed by atoms with E-state index in [9.17, 15) is 13.2 Å². The van der Waals surface area contributed by atoms with Gasteiger partial charge >= 0.3 is 0 Å². The van der Waals surface area contributed by atoms with Crippen LogP contribution in [0.25, 0.3) is 21.9 Å². The summed E-state index contributed by atoms with van der Waals surface area (Å²) in [6.45, 7) is 0.172. The van der Waals surface area contributed by atoms with Gasteiger partial charge in [0.15, 0.2) is 0 Å². The van der Waals surface area contributed by atoms with Crippen LogP contribution in [0.4, 0.5) is 5.82 Å². The molecule has 1 fully saturated rings. The Hall–Kier alpha value is -3.32. The van der Waals surface area contributed by atoms with Crippen LogP contribution >= 0.6 is 11.6 Å². The molecule has 1 aliphatic rings. The lowest BCUT2D eigenvalue weighted by atomic mass is 10.1. The van der Waals surface area contributed by atoms with Gasteiger partial charge in [0.1, 0.15) is 12.1 Å². The zero-order chi connectivity index (χ0) is 24.7. The fraction of sp³-hybridized carbons (Fsp3) is 0.273. The van der Waals surface area contributed by atoms with Gasteiger partial charge in [-0.1, -0.05) is 17.7 Å². The third-order valence-electron chi connectivity index (χ3n) is 5.94. The Bertz CT molecular complexity index is 1540. The van der Waals surface area contributed by atoms with Crippen molar-refractivity contribution in [2.24, 2.45) is 0 Å². The third-order valence-corrected chi connectivity index (χ3v) is 7.81. The number of carbonyl (C=O) groups excluding carboxylic acids is 1.